The Balaban J connectivity index is 2.30. The Bertz CT molecular complexity index is 1320. The monoisotopic (exact) mass is 822 g/mol. The Kier molecular flexibility index (Phi) is 35.2. The zero-order valence-corrected chi connectivity index (χ0v) is 36.2. The van der Waals surface area contributed by atoms with Crippen molar-refractivity contribution in [1.82, 2.24) is 5.32 Å². The van der Waals surface area contributed by atoms with Crippen molar-refractivity contribution in [1.29, 1.82) is 0 Å². The van der Waals surface area contributed by atoms with E-state index in [4.69, 9.17) is 9.47 Å². The largest absolute Gasteiger partial charge is 0.394 e. The van der Waals surface area contributed by atoms with Crippen LogP contribution < -0.4 is 5.32 Å². The lowest BCUT2D eigenvalue weighted by Gasteiger charge is -2.40. The van der Waals surface area contributed by atoms with Crippen molar-refractivity contribution < 1.29 is 39.8 Å². The van der Waals surface area contributed by atoms with Crippen molar-refractivity contribution in [3.05, 3.63) is 122 Å². The van der Waals surface area contributed by atoms with Gasteiger partial charge in [0.15, 0.2) is 6.29 Å². The molecule has 0 radical (unpaired) electrons. The van der Waals surface area contributed by atoms with E-state index in [1.807, 2.05) is 6.08 Å². The third kappa shape index (κ3) is 29.5. The number of ether oxygens (including phenoxy) is 2. The molecule has 332 valence electrons. The molecule has 0 saturated carbocycles. The first-order valence-electron chi connectivity index (χ1n) is 22.3. The molecule has 0 bridgehead atoms. The third-order valence-electron chi connectivity index (χ3n) is 9.54. The first-order valence-corrected chi connectivity index (χ1v) is 22.3. The van der Waals surface area contributed by atoms with E-state index < -0.39 is 49.5 Å². The van der Waals surface area contributed by atoms with Gasteiger partial charge in [0.1, 0.15) is 24.4 Å². The van der Waals surface area contributed by atoms with Gasteiger partial charge in [0.2, 0.25) is 5.91 Å². The molecule has 1 aliphatic heterocycles. The molecule has 0 aromatic carbocycles. The van der Waals surface area contributed by atoms with E-state index in [1.54, 1.807) is 6.08 Å². The Morgan fingerprint density at radius 2 is 1.05 bits per heavy atom. The fraction of sp³-hybridized carbons (Fsp3) is 0.580. The van der Waals surface area contributed by atoms with E-state index in [9.17, 15) is 30.3 Å². The van der Waals surface area contributed by atoms with Crippen molar-refractivity contribution in [3.63, 3.8) is 0 Å². The molecule has 7 unspecified atom stereocenters. The van der Waals surface area contributed by atoms with E-state index in [-0.39, 0.29) is 18.9 Å². The topological polar surface area (TPSA) is 149 Å². The van der Waals surface area contributed by atoms with E-state index in [0.29, 0.717) is 6.42 Å². The lowest BCUT2D eigenvalue weighted by molar-refractivity contribution is -0.302. The molecule has 9 nitrogen and oxygen atoms in total. The van der Waals surface area contributed by atoms with E-state index >= 15 is 0 Å². The number of hydrogen-bond acceptors (Lipinski definition) is 8. The van der Waals surface area contributed by atoms with Crippen LogP contribution in [0.2, 0.25) is 0 Å². The van der Waals surface area contributed by atoms with Crippen LogP contribution in [-0.2, 0) is 14.3 Å². The lowest BCUT2D eigenvalue weighted by atomic mass is 9.99. The summed E-state index contributed by atoms with van der Waals surface area (Å²) in [6, 6.07) is -0.841. The number of rotatable bonds is 34. The van der Waals surface area contributed by atoms with Gasteiger partial charge in [-0.1, -0.05) is 161 Å². The highest BCUT2D eigenvalue weighted by atomic mass is 16.7. The highest BCUT2D eigenvalue weighted by molar-refractivity contribution is 5.76. The van der Waals surface area contributed by atoms with Gasteiger partial charge in [-0.3, -0.25) is 4.79 Å². The number of aliphatic hydroxyl groups excluding tert-OH is 5. The summed E-state index contributed by atoms with van der Waals surface area (Å²) in [4.78, 5) is 12.9. The molecule has 7 atom stereocenters. The minimum Gasteiger partial charge on any atom is -0.394 e. The molecule has 1 rings (SSSR count). The number of allylic oxidation sites excluding steroid dienone is 19. The maximum atomic E-state index is 12.9. The highest BCUT2D eigenvalue weighted by Gasteiger charge is 2.44. The van der Waals surface area contributed by atoms with Gasteiger partial charge in [0.05, 0.1) is 25.4 Å². The standard InChI is InChI=1S/C50H79NO8/c1-3-5-7-9-11-12-13-14-15-16-17-18-19-20-21-22-23-24-25-26-27-28-29-30-31-32-34-36-38-40-46(54)51-43(44(53)39-37-35-33-10-8-6-4-2)42-58-50-49(57)48(56)47(55)45(41-52)59-50/h5,7,11-12,14-15,17-18,20-21,23-24,26-27,29-30,32,34,37,39,43-45,47-50,52-53,55-57H,3-4,6,8-10,13,16,19,22,25,28,31,33,35-36,38,40-42H2,1-2H3,(H,51,54)/b7-5-,12-11-,15-14-,18-17-,21-20-,24-23-,27-26-,30-29-,34-32-,39-37+. The van der Waals surface area contributed by atoms with Gasteiger partial charge in [0.25, 0.3) is 0 Å². The number of hydrogen-bond donors (Lipinski definition) is 6. The van der Waals surface area contributed by atoms with Gasteiger partial charge in [0, 0.05) is 6.42 Å². The van der Waals surface area contributed by atoms with Gasteiger partial charge in [-0.2, -0.15) is 0 Å². The molecule has 6 N–H and O–H groups in total. The number of carbonyl (C=O) groups is 1. The molecule has 9 heteroatoms. The zero-order chi connectivity index (χ0) is 43.0. The van der Waals surface area contributed by atoms with Crippen molar-refractivity contribution in [3.8, 4) is 0 Å². The maximum absolute atomic E-state index is 12.9. The fourth-order valence-electron chi connectivity index (χ4n) is 5.98. The molecular formula is C50H79NO8. The van der Waals surface area contributed by atoms with Gasteiger partial charge in [-0.05, 0) is 83.5 Å². The minimum atomic E-state index is -1.58. The van der Waals surface area contributed by atoms with E-state index in [0.717, 1.165) is 83.5 Å². The molecule has 1 saturated heterocycles. The second-order valence-corrected chi connectivity index (χ2v) is 14.8. The molecule has 1 fully saturated rings. The molecule has 0 spiro atoms. The first kappa shape index (κ1) is 53.6. The molecule has 1 heterocycles. The van der Waals surface area contributed by atoms with Gasteiger partial charge < -0.3 is 40.3 Å². The van der Waals surface area contributed by atoms with Crippen molar-refractivity contribution in [2.75, 3.05) is 13.2 Å². The molecule has 0 aliphatic carbocycles. The predicted molar refractivity (Wildman–Crippen MR) is 244 cm³/mol. The fourth-order valence-corrected chi connectivity index (χ4v) is 5.98. The van der Waals surface area contributed by atoms with Gasteiger partial charge in [-0.15, -0.1) is 0 Å². The van der Waals surface area contributed by atoms with Gasteiger partial charge >= 0.3 is 0 Å². The number of unbranched alkanes of at least 4 members (excludes halogenated alkanes) is 6. The average molecular weight is 822 g/mol. The third-order valence-corrected chi connectivity index (χ3v) is 9.54. The lowest BCUT2D eigenvalue weighted by Crippen LogP contribution is -2.60. The first-order chi connectivity index (χ1) is 28.8. The van der Waals surface area contributed by atoms with Crippen molar-refractivity contribution in [2.45, 2.75) is 172 Å². The van der Waals surface area contributed by atoms with Crippen molar-refractivity contribution >= 4 is 5.91 Å². The van der Waals surface area contributed by atoms with Crippen LogP contribution in [0.5, 0.6) is 0 Å². The SMILES string of the molecule is CC/C=C\C/C=C\C/C=C\C/C=C\C/C=C\C/C=C\C/C=C\C/C=C\C/C=C\CCCC(=O)NC(COC1OC(CO)C(O)C(O)C1O)C(O)/C=C/CCCCCCC. The number of nitrogens with one attached hydrogen (secondary N) is 1. The summed E-state index contributed by atoms with van der Waals surface area (Å²) in [6.45, 7) is 3.52. The second kappa shape index (κ2) is 38.8. The maximum Gasteiger partial charge on any atom is 0.220 e. The molecular weight excluding hydrogens is 743 g/mol. The molecule has 0 aromatic heterocycles. The van der Waals surface area contributed by atoms with Crippen LogP contribution in [0.1, 0.15) is 129 Å². The second-order valence-electron chi connectivity index (χ2n) is 14.8. The van der Waals surface area contributed by atoms with Crippen LogP contribution in [0.4, 0.5) is 0 Å². The highest BCUT2D eigenvalue weighted by Crippen LogP contribution is 2.22. The quantitative estimate of drug-likeness (QED) is 0.0278. The Morgan fingerprint density at radius 3 is 1.53 bits per heavy atom. The van der Waals surface area contributed by atoms with E-state index in [1.165, 1.54) is 19.3 Å². The van der Waals surface area contributed by atoms with E-state index in [2.05, 4.69) is 129 Å². The molecule has 59 heavy (non-hydrogen) atoms. The van der Waals surface area contributed by atoms with Crippen LogP contribution in [0.15, 0.2) is 122 Å². The summed E-state index contributed by atoms with van der Waals surface area (Å²) >= 11 is 0. The number of amides is 1. The minimum absolute atomic E-state index is 0.222. The molecule has 1 aliphatic rings. The van der Waals surface area contributed by atoms with Crippen LogP contribution in [0, 0.1) is 0 Å². The summed E-state index contributed by atoms with van der Waals surface area (Å²) in [5.41, 5.74) is 0. The molecule has 1 amide bonds. The smallest absolute Gasteiger partial charge is 0.220 e. The number of carbonyl (C=O) groups excluding carboxylic acids is 1. The average Bonchev–Trinajstić information content (AvgIpc) is 3.23. The van der Waals surface area contributed by atoms with Crippen molar-refractivity contribution in [2.24, 2.45) is 0 Å². The number of aliphatic hydroxyl groups is 5. The van der Waals surface area contributed by atoms with Crippen LogP contribution >= 0.6 is 0 Å². The summed E-state index contributed by atoms with van der Waals surface area (Å²) in [7, 11) is 0. The zero-order valence-electron chi connectivity index (χ0n) is 36.2. The summed E-state index contributed by atoms with van der Waals surface area (Å²) in [5, 5.41) is 53.8. The predicted octanol–water partition coefficient (Wildman–Crippen LogP) is 9.27. The summed E-state index contributed by atoms with van der Waals surface area (Å²) < 4.78 is 11.1. The Morgan fingerprint density at radius 1 is 0.593 bits per heavy atom. The van der Waals surface area contributed by atoms with Crippen LogP contribution in [-0.4, -0.2) is 87.5 Å². The summed E-state index contributed by atoms with van der Waals surface area (Å²) in [6.07, 6.45) is 51.3. The summed E-state index contributed by atoms with van der Waals surface area (Å²) in [5.74, 6) is -0.247. The normalized spacial score (nSPS) is 21.9. The Hall–Kier alpha value is -3.41. The van der Waals surface area contributed by atoms with Crippen LogP contribution in [0.25, 0.3) is 0 Å². The van der Waals surface area contributed by atoms with Crippen LogP contribution in [0.3, 0.4) is 0 Å². The van der Waals surface area contributed by atoms with Gasteiger partial charge in [-0.25, -0.2) is 0 Å². The Labute approximate surface area is 357 Å². The molecule has 0 aromatic rings.